The summed E-state index contributed by atoms with van der Waals surface area (Å²) < 4.78 is 2.09. The zero-order valence-electron chi connectivity index (χ0n) is 10.5. The number of aryl methyl sites for hydroxylation is 1. The summed E-state index contributed by atoms with van der Waals surface area (Å²) in [4.78, 5) is 0. The van der Waals surface area contributed by atoms with Gasteiger partial charge in [0.05, 0.1) is 0 Å². The first-order valence-corrected chi connectivity index (χ1v) is 5.96. The molecule has 0 aliphatic heterocycles. The van der Waals surface area contributed by atoms with Gasteiger partial charge in [-0.05, 0) is 30.9 Å². The molecule has 1 heterocycles. The Balaban J connectivity index is 2.25. The highest BCUT2D eigenvalue weighted by atomic mass is 14.9. The highest BCUT2D eigenvalue weighted by Gasteiger charge is 2.06. The molecule has 1 rings (SSSR count). The summed E-state index contributed by atoms with van der Waals surface area (Å²) in [5.41, 5.74) is 1.37. The van der Waals surface area contributed by atoms with E-state index in [4.69, 9.17) is 0 Å². The molecule has 0 amide bonds. The zero-order chi connectivity index (χ0) is 11.3. The van der Waals surface area contributed by atoms with Crippen molar-refractivity contribution in [1.29, 1.82) is 0 Å². The maximum absolute atomic E-state index is 3.56. The van der Waals surface area contributed by atoms with Crippen LogP contribution in [0.15, 0.2) is 18.5 Å². The van der Waals surface area contributed by atoms with Gasteiger partial charge < -0.3 is 9.88 Å². The standard InChI is InChI=1S/C13H24N2/c1-5-11(2)8-12(3)14-9-13-6-7-15(4)10-13/h6-7,10-12,14H,5,8-9H2,1-4H3. The van der Waals surface area contributed by atoms with Gasteiger partial charge in [0.25, 0.3) is 0 Å². The third-order valence-corrected chi connectivity index (χ3v) is 3.00. The Morgan fingerprint density at radius 3 is 2.67 bits per heavy atom. The Hall–Kier alpha value is -0.760. The van der Waals surface area contributed by atoms with Crippen molar-refractivity contribution in [2.24, 2.45) is 13.0 Å². The van der Waals surface area contributed by atoms with Crippen LogP contribution in [0.1, 0.15) is 39.2 Å². The lowest BCUT2D eigenvalue weighted by Gasteiger charge is -2.17. The van der Waals surface area contributed by atoms with E-state index in [9.17, 15) is 0 Å². The van der Waals surface area contributed by atoms with E-state index in [1.54, 1.807) is 0 Å². The Bertz CT molecular complexity index is 278. The van der Waals surface area contributed by atoms with Crippen molar-refractivity contribution >= 4 is 0 Å². The van der Waals surface area contributed by atoms with Gasteiger partial charge in [0, 0.05) is 32.0 Å². The van der Waals surface area contributed by atoms with Crippen LogP contribution >= 0.6 is 0 Å². The molecule has 2 heteroatoms. The van der Waals surface area contributed by atoms with E-state index in [2.05, 4.69) is 56.2 Å². The molecule has 1 N–H and O–H groups in total. The number of nitrogens with one attached hydrogen (secondary N) is 1. The van der Waals surface area contributed by atoms with Crippen LogP contribution in [-0.4, -0.2) is 10.6 Å². The minimum absolute atomic E-state index is 0.611. The molecular formula is C13H24N2. The molecule has 86 valence electrons. The van der Waals surface area contributed by atoms with Crippen LogP contribution in [0.4, 0.5) is 0 Å². The molecule has 2 nitrogen and oxygen atoms in total. The van der Waals surface area contributed by atoms with Crippen LogP contribution in [0.5, 0.6) is 0 Å². The lowest BCUT2D eigenvalue weighted by Crippen LogP contribution is -2.27. The van der Waals surface area contributed by atoms with Gasteiger partial charge in [0.1, 0.15) is 0 Å². The summed E-state index contributed by atoms with van der Waals surface area (Å²) in [6.07, 6.45) is 6.81. The lowest BCUT2D eigenvalue weighted by molar-refractivity contribution is 0.412. The molecule has 0 saturated heterocycles. The topological polar surface area (TPSA) is 17.0 Å². The maximum atomic E-state index is 3.56. The summed E-state index contributed by atoms with van der Waals surface area (Å²) in [7, 11) is 2.06. The fourth-order valence-corrected chi connectivity index (χ4v) is 1.81. The van der Waals surface area contributed by atoms with Gasteiger partial charge in [-0.1, -0.05) is 20.3 Å². The normalized spacial score (nSPS) is 15.2. The average Bonchev–Trinajstić information content (AvgIpc) is 2.61. The predicted octanol–water partition coefficient (Wildman–Crippen LogP) is 2.94. The minimum atomic E-state index is 0.611. The number of aromatic nitrogens is 1. The highest BCUT2D eigenvalue weighted by molar-refractivity contribution is 5.09. The van der Waals surface area contributed by atoms with Gasteiger partial charge in [0.2, 0.25) is 0 Å². The Kier molecular flexibility index (Phi) is 4.89. The molecule has 15 heavy (non-hydrogen) atoms. The Morgan fingerprint density at radius 2 is 2.13 bits per heavy atom. The summed E-state index contributed by atoms with van der Waals surface area (Å²) in [6, 6.07) is 2.78. The fraction of sp³-hybridized carbons (Fsp3) is 0.692. The van der Waals surface area contributed by atoms with Crippen LogP contribution in [0.25, 0.3) is 0 Å². The second-order valence-corrected chi connectivity index (χ2v) is 4.72. The van der Waals surface area contributed by atoms with Crippen molar-refractivity contribution in [2.75, 3.05) is 0 Å². The van der Waals surface area contributed by atoms with Gasteiger partial charge in [-0.15, -0.1) is 0 Å². The fourth-order valence-electron chi connectivity index (χ4n) is 1.81. The molecule has 0 fully saturated rings. The van der Waals surface area contributed by atoms with E-state index in [0.717, 1.165) is 12.5 Å². The predicted molar refractivity (Wildman–Crippen MR) is 65.8 cm³/mol. The third-order valence-electron chi connectivity index (χ3n) is 3.00. The van der Waals surface area contributed by atoms with E-state index in [1.807, 2.05) is 0 Å². The van der Waals surface area contributed by atoms with Crippen molar-refractivity contribution in [2.45, 2.75) is 46.2 Å². The molecule has 0 aliphatic carbocycles. The molecule has 0 radical (unpaired) electrons. The molecule has 0 aliphatic rings. The van der Waals surface area contributed by atoms with Crippen LogP contribution < -0.4 is 5.32 Å². The number of rotatable bonds is 6. The van der Waals surface area contributed by atoms with Crippen molar-refractivity contribution in [1.82, 2.24) is 9.88 Å². The molecule has 0 saturated carbocycles. The van der Waals surface area contributed by atoms with Crippen molar-refractivity contribution in [3.8, 4) is 0 Å². The maximum Gasteiger partial charge on any atom is 0.0223 e. The molecular weight excluding hydrogens is 184 g/mol. The van der Waals surface area contributed by atoms with Crippen LogP contribution in [0, 0.1) is 5.92 Å². The molecule has 1 aromatic rings. The summed E-state index contributed by atoms with van der Waals surface area (Å²) in [6.45, 7) is 7.84. The van der Waals surface area contributed by atoms with E-state index in [0.29, 0.717) is 6.04 Å². The van der Waals surface area contributed by atoms with Crippen LogP contribution in [0.3, 0.4) is 0 Å². The monoisotopic (exact) mass is 208 g/mol. The highest BCUT2D eigenvalue weighted by Crippen LogP contribution is 2.10. The lowest BCUT2D eigenvalue weighted by atomic mass is 10.0. The van der Waals surface area contributed by atoms with E-state index in [-0.39, 0.29) is 0 Å². The summed E-state index contributed by atoms with van der Waals surface area (Å²) in [5.74, 6) is 0.822. The molecule has 2 unspecified atom stereocenters. The first kappa shape index (κ1) is 12.3. The molecule has 2 atom stereocenters. The number of hydrogen-bond donors (Lipinski definition) is 1. The summed E-state index contributed by atoms with van der Waals surface area (Å²) >= 11 is 0. The number of hydrogen-bond acceptors (Lipinski definition) is 1. The molecule has 1 aromatic heterocycles. The first-order chi connectivity index (χ1) is 7.11. The second kappa shape index (κ2) is 5.96. The molecule has 0 bridgehead atoms. The van der Waals surface area contributed by atoms with E-state index >= 15 is 0 Å². The zero-order valence-corrected chi connectivity index (χ0v) is 10.5. The molecule has 0 aromatic carbocycles. The van der Waals surface area contributed by atoms with Gasteiger partial charge >= 0.3 is 0 Å². The van der Waals surface area contributed by atoms with Crippen molar-refractivity contribution < 1.29 is 0 Å². The number of nitrogens with zero attached hydrogens (tertiary/aromatic N) is 1. The average molecular weight is 208 g/mol. The molecule has 0 spiro atoms. The van der Waals surface area contributed by atoms with Crippen LogP contribution in [0.2, 0.25) is 0 Å². The van der Waals surface area contributed by atoms with Crippen molar-refractivity contribution in [3.63, 3.8) is 0 Å². The SMILES string of the molecule is CCC(C)CC(C)NCc1ccn(C)c1. The largest absolute Gasteiger partial charge is 0.357 e. The van der Waals surface area contributed by atoms with Gasteiger partial charge in [-0.2, -0.15) is 0 Å². The smallest absolute Gasteiger partial charge is 0.0223 e. The summed E-state index contributed by atoms with van der Waals surface area (Å²) in [5, 5.41) is 3.56. The van der Waals surface area contributed by atoms with Crippen molar-refractivity contribution in [3.05, 3.63) is 24.0 Å². The third kappa shape index (κ3) is 4.52. The van der Waals surface area contributed by atoms with E-state index in [1.165, 1.54) is 18.4 Å². The Morgan fingerprint density at radius 1 is 1.40 bits per heavy atom. The second-order valence-electron chi connectivity index (χ2n) is 4.72. The quantitative estimate of drug-likeness (QED) is 0.760. The van der Waals surface area contributed by atoms with Gasteiger partial charge in [-0.3, -0.25) is 0 Å². The van der Waals surface area contributed by atoms with Gasteiger partial charge in [-0.25, -0.2) is 0 Å². The van der Waals surface area contributed by atoms with E-state index < -0.39 is 0 Å². The van der Waals surface area contributed by atoms with Crippen LogP contribution in [-0.2, 0) is 13.6 Å². The minimum Gasteiger partial charge on any atom is -0.357 e. The first-order valence-electron chi connectivity index (χ1n) is 5.96. The van der Waals surface area contributed by atoms with Gasteiger partial charge in [0.15, 0.2) is 0 Å². The Labute approximate surface area is 93.7 Å².